The van der Waals surface area contributed by atoms with Gasteiger partial charge in [0.2, 0.25) is 0 Å². The Kier molecular flexibility index (Phi) is 5.14. The number of hydrogen-bond donors (Lipinski definition) is 1. The average molecular weight is 193 g/mol. The van der Waals surface area contributed by atoms with E-state index in [4.69, 9.17) is 0 Å². The summed E-state index contributed by atoms with van der Waals surface area (Å²) in [4.78, 5) is 2.57. The number of piperazine rings is 1. The molecule has 0 aromatic carbocycles. The molecular weight excluding hydrogens is 172 g/mol. The number of hydrogen-bond acceptors (Lipinski definition) is 2. The highest BCUT2D eigenvalue weighted by Crippen LogP contribution is 2.17. The Bertz CT molecular complexity index is 120. The van der Waals surface area contributed by atoms with E-state index in [0.29, 0.717) is 5.54 Å². The van der Waals surface area contributed by atoms with Crippen molar-refractivity contribution in [1.82, 2.24) is 10.2 Å². The Balaban J connectivity index is 0.00000121. The van der Waals surface area contributed by atoms with Crippen molar-refractivity contribution in [3.63, 3.8) is 0 Å². The van der Waals surface area contributed by atoms with Crippen LogP contribution in [0.3, 0.4) is 0 Å². The summed E-state index contributed by atoms with van der Waals surface area (Å²) in [6.07, 6.45) is 1.24. The van der Waals surface area contributed by atoms with Gasteiger partial charge in [-0.3, -0.25) is 4.90 Å². The molecule has 0 bridgehead atoms. The minimum absolute atomic E-state index is 0. The van der Waals surface area contributed by atoms with E-state index in [1.807, 2.05) is 0 Å². The molecule has 0 atom stereocenters. The molecule has 1 aliphatic heterocycles. The summed E-state index contributed by atoms with van der Waals surface area (Å²) in [7, 11) is 0. The highest BCUT2D eigenvalue weighted by atomic mass is 35.5. The molecule has 0 radical (unpaired) electrons. The van der Waals surface area contributed by atoms with Gasteiger partial charge in [0.05, 0.1) is 0 Å². The van der Waals surface area contributed by atoms with Crippen molar-refractivity contribution in [3.05, 3.63) is 0 Å². The molecule has 12 heavy (non-hydrogen) atoms. The maximum atomic E-state index is 3.37. The molecular formula is C9H21ClN2. The molecule has 1 saturated heterocycles. The molecule has 3 heteroatoms. The van der Waals surface area contributed by atoms with Crippen LogP contribution in [0, 0.1) is 0 Å². The van der Waals surface area contributed by atoms with Crippen molar-refractivity contribution >= 4 is 12.4 Å². The Morgan fingerprint density at radius 1 is 1.25 bits per heavy atom. The smallest absolute Gasteiger partial charge is 0.0151 e. The fraction of sp³-hybridized carbons (Fsp3) is 1.00. The maximum Gasteiger partial charge on any atom is 0.0151 e. The topological polar surface area (TPSA) is 15.3 Å². The highest BCUT2D eigenvalue weighted by molar-refractivity contribution is 5.85. The van der Waals surface area contributed by atoms with Gasteiger partial charge in [-0.1, -0.05) is 6.92 Å². The van der Waals surface area contributed by atoms with E-state index in [-0.39, 0.29) is 12.4 Å². The van der Waals surface area contributed by atoms with Crippen LogP contribution in [-0.4, -0.2) is 36.6 Å². The Morgan fingerprint density at radius 3 is 2.17 bits per heavy atom. The SMILES string of the molecule is CCC(C)(C)N1CCNCC1.Cl. The van der Waals surface area contributed by atoms with Gasteiger partial charge in [-0.15, -0.1) is 12.4 Å². The van der Waals surface area contributed by atoms with Crippen LogP contribution in [0.1, 0.15) is 27.2 Å². The third kappa shape index (κ3) is 2.92. The molecule has 0 amide bonds. The first-order valence-corrected chi connectivity index (χ1v) is 4.62. The molecule has 0 aromatic heterocycles. The summed E-state index contributed by atoms with van der Waals surface area (Å²) >= 11 is 0. The summed E-state index contributed by atoms with van der Waals surface area (Å²) in [6.45, 7) is 11.7. The number of rotatable bonds is 2. The molecule has 1 heterocycles. The molecule has 0 aromatic rings. The molecule has 1 aliphatic rings. The Morgan fingerprint density at radius 2 is 1.75 bits per heavy atom. The van der Waals surface area contributed by atoms with Crippen molar-refractivity contribution in [2.75, 3.05) is 26.2 Å². The molecule has 74 valence electrons. The lowest BCUT2D eigenvalue weighted by atomic mass is 9.98. The van der Waals surface area contributed by atoms with E-state index in [1.165, 1.54) is 19.5 Å². The van der Waals surface area contributed by atoms with Crippen molar-refractivity contribution in [1.29, 1.82) is 0 Å². The third-order valence-electron chi connectivity index (χ3n) is 2.84. The molecule has 1 rings (SSSR count). The summed E-state index contributed by atoms with van der Waals surface area (Å²) in [5, 5.41) is 3.37. The molecule has 1 N–H and O–H groups in total. The minimum Gasteiger partial charge on any atom is -0.314 e. The zero-order chi connectivity index (χ0) is 8.32. The van der Waals surface area contributed by atoms with E-state index in [9.17, 15) is 0 Å². The van der Waals surface area contributed by atoms with Crippen LogP contribution in [0.5, 0.6) is 0 Å². The predicted molar refractivity (Wildman–Crippen MR) is 56.1 cm³/mol. The Hall–Kier alpha value is 0.210. The minimum atomic E-state index is 0. The van der Waals surface area contributed by atoms with Gasteiger partial charge in [-0.05, 0) is 20.3 Å². The number of nitrogens with one attached hydrogen (secondary N) is 1. The van der Waals surface area contributed by atoms with Crippen molar-refractivity contribution in [2.45, 2.75) is 32.7 Å². The molecule has 0 unspecified atom stereocenters. The molecule has 2 nitrogen and oxygen atoms in total. The van der Waals surface area contributed by atoms with Crippen molar-refractivity contribution in [2.24, 2.45) is 0 Å². The zero-order valence-electron chi connectivity index (χ0n) is 8.39. The van der Waals surface area contributed by atoms with Crippen molar-refractivity contribution < 1.29 is 0 Å². The predicted octanol–water partition coefficient (Wildman–Crippen LogP) is 1.50. The van der Waals surface area contributed by atoms with Gasteiger partial charge in [-0.25, -0.2) is 0 Å². The lowest BCUT2D eigenvalue weighted by molar-refractivity contribution is 0.100. The number of nitrogens with zero attached hydrogens (tertiary/aromatic N) is 1. The summed E-state index contributed by atoms with van der Waals surface area (Å²) in [5.74, 6) is 0. The van der Waals surface area contributed by atoms with Gasteiger partial charge in [-0.2, -0.15) is 0 Å². The second-order valence-electron chi connectivity index (χ2n) is 3.90. The van der Waals surface area contributed by atoms with E-state index in [0.717, 1.165) is 13.1 Å². The van der Waals surface area contributed by atoms with Crippen LogP contribution in [-0.2, 0) is 0 Å². The molecule has 1 fully saturated rings. The van der Waals surface area contributed by atoms with Gasteiger partial charge in [0, 0.05) is 31.7 Å². The zero-order valence-corrected chi connectivity index (χ0v) is 9.21. The highest BCUT2D eigenvalue weighted by Gasteiger charge is 2.25. The van der Waals surface area contributed by atoms with Gasteiger partial charge in [0.1, 0.15) is 0 Å². The maximum absolute atomic E-state index is 3.37. The van der Waals surface area contributed by atoms with E-state index < -0.39 is 0 Å². The summed E-state index contributed by atoms with van der Waals surface area (Å²) in [6, 6.07) is 0. The average Bonchev–Trinajstić information content (AvgIpc) is 2.06. The second-order valence-corrected chi connectivity index (χ2v) is 3.90. The van der Waals surface area contributed by atoms with E-state index in [2.05, 4.69) is 31.0 Å². The van der Waals surface area contributed by atoms with E-state index in [1.54, 1.807) is 0 Å². The monoisotopic (exact) mass is 192 g/mol. The summed E-state index contributed by atoms with van der Waals surface area (Å²) in [5.41, 5.74) is 0.405. The largest absolute Gasteiger partial charge is 0.314 e. The first kappa shape index (κ1) is 12.2. The quantitative estimate of drug-likeness (QED) is 0.714. The van der Waals surface area contributed by atoms with Crippen molar-refractivity contribution in [3.8, 4) is 0 Å². The molecule has 0 saturated carbocycles. The second kappa shape index (κ2) is 5.05. The lowest BCUT2D eigenvalue weighted by Gasteiger charge is -2.40. The van der Waals surface area contributed by atoms with Crippen LogP contribution < -0.4 is 5.32 Å². The third-order valence-corrected chi connectivity index (χ3v) is 2.84. The van der Waals surface area contributed by atoms with Gasteiger partial charge in [0.25, 0.3) is 0 Å². The summed E-state index contributed by atoms with van der Waals surface area (Å²) < 4.78 is 0. The van der Waals surface area contributed by atoms with Crippen LogP contribution in [0.4, 0.5) is 0 Å². The van der Waals surface area contributed by atoms with Gasteiger partial charge < -0.3 is 5.32 Å². The fourth-order valence-corrected chi connectivity index (χ4v) is 1.49. The first-order valence-electron chi connectivity index (χ1n) is 4.62. The van der Waals surface area contributed by atoms with Crippen LogP contribution in [0.15, 0.2) is 0 Å². The van der Waals surface area contributed by atoms with E-state index >= 15 is 0 Å². The van der Waals surface area contributed by atoms with Crippen LogP contribution in [0.25, 0.3) is 0 Å². The standard InChI is InChI=1S/C9H20N2.ClH/c1-4-9(2,3)11-7-5-10-6-8-11;/h10H,4-8H2,1-3H3;1H. The first-order chi connectivity index (χ1) is 5.17. The Labute approximate surface area is 82.1 Å². The molecule has 0 aliphatic carbocycles. The normalized spacial score (nSPS) is 20.2. The van der Waals surface area contributed by atoms with Gasteiger partial charge >= 0.3 is 0 Å². The fourth-order valence-electron chi connectivity index (χ4n) is 1.49. The molecule has 0 spiro atoms. The lowest BCUT2D eigenvalue weighted by Crippen LogP contribution is -2.53. The van der Waals surface area contributed by atoms with Gasteiger partial charge in [0.15, 0.2) is 0 Å². The van der Waals surface area contributed by atoms with Crippen LogP contribution >= 0.6 is 12.4 Å². The van der Waals surface area contributed by atoms with Crippen LogP contribution in [0.2, 0.25) is 0 Å². The number of halogens is 1.